The second kappa shape index (κ2) is 5.10. The van der Waals surface area contributed by atoms with Gasteiger partial charge in [0.1, 0.15) is 0 Å². The average molecular weight is 255 g/mol. The predicted octanol–water partition coefficient (Wildman–Crippen LogP) is 1.21. The van der Waals surface area contributed by atoms with Crippen LogP contribution in [0.15, 0.2) is 5.38 Å². The van der Waals surface area contributed by atoms with Crippen LogP contribution in [0.2, 0.25) is 0 Å². The van der Waals surface area contributed by atoms with Gasteiger partial charge in [0, 0.05) is 11.9 Å². The molecule has 0 atom stereocenters. The van der Waals surface area contributed by atoms with Gasteiger partial charge in [0.25, 0.3) is 5.91 Å². The number of hydrogen-bond donors (Lipinski definition) is 2. The van der Waals surface area contributed by atoms with E-state index in [1.54, 1.807) is 5.38 Å². The average Bonchev–Trinajstić information content (AvgIpc) is 2.84. The minimum atomic E-state index is -0.744. The van der Waals surface area contributed by atoms with E-state index < -0.39 is 5.60 Å². The number of rotatable bonds is 3. The Labute approximate surface area is 104 Å². The first kappa shape index (κ1) is 12.4. The fraction of sp³-hybridized carbons (Fsp3) is 0.727. The van der Waals surface area contributed by atoms with Gasteiger partial charge in [0.2, 0.25) is 0 Å². The van der Waals surface area contributed by atoms with Crippen LogP contribution in [0.5, 0.6) is 0 Å². The van der Waals surface area contributed by atoms with Crippen LogP contribution in [0.1, 0.15) is 43.1 Å². The highest BCUT2D eigenvalue weighted by molar-refractivity contribution is 7.03. The fourth-order valence-electron chi connectivity index (χ4n) is 2.08. The maximum absolute atomic E-state index is 11.6. The summed E-state index contributed by atoms with van der Waals surface area (Å²) < 4.78 is 3.63. The molecule has 1 heterocycles. The summed E-state index contributed by atoms with van der Waals surface area (Å²) in [6, 6.07) is 0. The normalized spacial score (nSPS) is 28.9. The Morgan fingerprint density at radius 3 is 2.94 bits per heavy atom. The molecule has 0 aromatic carbocycles. The molecule has 0 aliphatic heterocycles. The molecule has 0 spiro atoms. The van der Waals surface area contributed by atoms with E-state index in [1.807, 2.05) is 0 Å². The van der Waals surface area contributed by atoms with E-state index in [1.165, 1.54) is 0 Å². The van der Waals surface area contributed by atoms with Gasteiger partial charge in [0.05, 0.1) is 5.60 Å². The third kappa shape index (κ3) is 3.23. The largest absolute Gasteiger partial charge is 0.388 e. The molecule has 17 heavy (non-hydrogen) atoms. The predicted molar refractivity (Wildman–Crippen MR) is 64.8 cm³/mol. The van der Waals surface area contributed by atoms with Crippen LogP contribution in [0, 0.1) is 5.92 Å². The maximum atomic E-state index is 11.6. The van der Waals surface area contributed by atoms with Gasteiger partial charge in [-0.1, -0.05) is 11.4 Å². The summed E-state index contributed by atoms with van der Waals surface area (Å²) in [6.45, 7) is 2.50. The van der Waals surface area contributed by atoms with Gasteiger partial charge in [-0.3, -0.25) is 4.79 Å². The first-order valence-electron chi connectivity index (χ1n) is 5.87. The molecule has 94 valence electrons. The zero-order valence-corrected chi connectivity index (χ0v) is 10.7. The van der Waals surface area contributed by atoms with Crippen LogP contribution in [0.4, 0.5) is 0 Å². The van der Waals surface area contributed by atoms with E-state index in [-0.39, 0.29) is 5.91 Å². The van der Waals surface area contributed by atoms with E-state index in [9.17, 15) is 9.90 Å². The van der Waals surface area contributed by atoms with Crippen LogP contribution in [0.25, 0.3) is 0 Å². The molecule has 2 N–H and O–H groups in total. The molecule has 1 amide bonds. The Bertz CT molecular complexity index is 372. The van der Waals surface area contributed by atoms with Crippen LogP contribution in [0.3, 0.4) is 0 Å². The Kier molecular flexibility index (Phi) is 3.73. The highest BCUT2D eigenvalue weighted by Crippen LogP contribution is 2.31. The molecule has 1 aromatic rings. The SMILES string of the molecule is CC1CCC(O)(CNC(=O)c2csnn2)CC1. The number of carbonyl (C=O) groups excluding carboxylic acids is 1. The van der Waals surface area contributed by atoms with Gasteiger partial charge in [-0.05, 0) is 43.1 Å². The minimum Gasteiger partial charge on any atom is -0.388 e. The smallest absolute Gasteiger partial charge is 0.272 e. The zero-order chi connectivity index (χ0) is 12.3. The summed E-state index contributed by atoms with van der Waals surface area (Å²) >= 11 is 1.14. The van der Waals surface area contributed by atoms with Crippen molar-refractivity contribution in [2.24, 2.45) is 5.92 Å². The molecule has 0 radical (unpaired) electrons. The highest BCUT2D eigenvalue weighted by atomic mass is 32.1. The second-order valence-corrected chi connectivity index (χ2v) is 5.49. The molecule has 1 aliphatic rings. The number of hydrogen-bond acceptors (Lipinski definition) is 5. The Hall–Kier alpha value is -1.01. The molecule has 0 saturated heterocycles. The zero-order valence-electron chi connectivity index (χ0n) is 9.85. The molecular formula is C11H17N3O2S. The van der Waals surface area contributed by atoms with Crippen molar-refractivity contribution in [3.63, 3.8) is 0 Å². The fourth-order valence-corrected chi connectivity index (χ4v) is 2.51. The lowest BCUT2D eigenvalue weighted by atomic mass is 9.79. The third-order valence-electron chi connectivity index (χ3n) is 3.38. The summed E-state index contributed by atoms with van der Waals surface area (Å²) in [5.74, 6) is 0.416. The van der Waals surface area contributed by atoms with Crippen molar-refractivity contribution in [3.05, 3.63) is 11.1 Å². The second-order valence-electron chi connectivity index (χ2n) is 4.88. The van der Waals surface area contributed by atoms with Gasteiger partial charge in [-0.15, -0.1) is 5.10 Å². The van der Waals surface area contributed by atoms with Crippen molar-refractivity contribution in [1.82, 2.24) is 14.9 Å². The van der Waals surface area contributed by atoms with E-state index in [2.05, 4.69) is 21.8 Å². The minimum absolute atomic E-state index is 0.259. The molecule has 2 rings (SSSR count). The lowest BCUT2D eigenvalue weighted by Gasteiger charge is -2.34. The first-order valence-corrected chi connectivity index (χ1v) is 6.70. The van der Waals surface area contributed by atoms with Gasteiger partial charge in [-0.2, -0.15) is 0 Å². The van der Waals surface area contributed by atoms with Crippen molar-refractivity contribution in [2.75, 3.05) is 6.54 Å². The standard InChI is InChI=1S/C11H17N3O2S/c1-8-2-4-11(16,5-3-8)7-12-10(15)9-6-17-14-13-9/h6,8,16H,2-5,7H2,1H3,(H,12,15). The Morgan fingerprint density at radius 1 is 1.65 bits per heavy atom. The van der Waals surface area contributed by atoms with Crippen molar-refractivity contribution in [3.8, 4) is 0 Å². The van der Waals surface area contributed by atoms with Crippen molar-refractivity contribution >= 4 is 17.4 Å². The number of amides is 1. The van der Waals surface area contributed by atoms with Crippen molar-refractivity contribution < 1.29 is 9.90 Å². The van der Waals surface area contributed by atoms with E-state index in [0.29, 0.717) is 18.2 Å². The van der Waals surface area contributed by atoms with Crippen LogP contribution >= 0.6 is 11.5 Å². The van der Waals surface area contributed by atoms with E-state index in [0.717, 1.165) is 37.2 Å². The molecular weight excluding hydrogens is 238 g/mol. The van der Waals surface area contributed by atoms with Crippen LogP contribution < -0.4 is 5.32 Å². The number of nitrogens with one attached hydrogen (secondary N) is 1. The quantitative estimate of drug-likeness (QED) is 0.851. The lowest BCUT2D eigenvalue weighted by Crippen LogP contribution is -2.45. The van der Waals surface area contributed by atoms with Gasteiger partial charge >= 0.3 is 0 Å². The third-order valence-corrected chi connectivity index (χ3v) is 3.88. The number of carbonyl (C=O) groups is 1. The molecule has 1 aromatic heterocycles. The summed E-state index contributed by atoms with van der Waals surface area (Å²) in [4.78, 5) is 11.6. The number of aliphatic hydroxyl groups is 1. The molecule has 5 nitrogen and oxygen atoms in total. The maximum Gasteiger partial charge on any atom is 0.272 e. The molecule has 1 aliphatic carbocycles. The monoisotopic (exact) mass is 255 g/mol. The van der Waals surface area contributed by atoms with Gasteiger partial charge in [-0.25, -0.2) is 0 Å². The van der Waals surface area contributed by atoms with E-state index in [4.69, 9.17) is 0 Å². The summed E-state index contributed by atoms with van der Waals surface area (Å²) in [5.41, 5.74) is -0.422. The van der Waals surface area contributed by atoms with Crippen molar-refractivity contribution in [2.45, 2.75) is 38.2 Å². The number of aromatic nitrogens is 2. The topological polar surface area (TPSA) is 75.1 Å². The molecule has 6 heteroatoms. The summed E-state index contributed by atoms with van der Waals surface area (Å²) in [6.07, 6.45) is 3.54. The molecule has 0 bridgehead atoms. The van der Waals surface area contributed by atoms with Gasteiger partial charge < -0.3 is 10.4 Å². The van der Waals surface area contributed by atoms with Gasteiger partial charge in [0.15, 0.2) is 5.69 Å². The first-order chi connectivity index (χ1) is 8.09. The Morgan fingerprint density at radius 2 is 2.35 bits per heavy atom. The molecule has 0 unspecified atom stereocenters. The molecule has 1 saturated carbocycles. The van der Waals surface area contributed by atoms with Crippen molar-refractivity contribution in [1.29, 1.82) is 0 Å². The summed E-state index contributed by atoms with van der Waals surface area (Å²) in [5, 5.41) is 18.3. The van der Waals surface area contributed by atoms with Crippen LogP contribution in [-0.4, -0.2) is 32.7 Å². The highest BCUT2D eigenvalue weighted by Gasteiger charge is 2.32. The molecule has 1 fully saturated rings. The number of nitrogens with zero attached hydrogens (tertiary/aromatic N) is 2. The summed E-state index contributed by atoms with van der Waals surface area (Å²) in [7, 11) is 0. The lowest BCUT2D eigenvalue weighted by molar-refractivity contribution is -0.00543. The van der Waals surface area contributed by atoms with E-state index >= 15 is 0 Å². The Balaban J connectivity index is 1.83. The van der Waals surface area contributed by atoms with Crippen LogP contribution in [-0.2, 0) is 0 Å².